The smallest absolute Gasteiger partial charge is 0.123 e. The van der Waals surface area contributed by atoms with Crippen LogP contribution in [-0.2, 0) is 5.54 Å². The van der Waals surface area contributed by atoms with Crippen molar-refractivity contribution in [3.63, 3.8) is 0 Å². The molecule has 0 aliphatic rings. The van der Waals surface area contributed by atoms with E-state index >= 15 is 0 Å². The second-order valence-electron chi connectivity index (χ2n) is 3.67. The van der Waals surface area contributed by atoms with Gasteiger partial charge < -0.3 is 5.73 Å². The lowest BCUT2D eigenvalue weighted by Gasteiger charge is -2.24. The fourth-order valence-corrected chi connectivity index (χ4v) is 1.49. The molecular weight excluding hydrogens is 165 g/mol. The average molecular weight is 181 g/mol. The Kier molecular flexibility index (Phi) is 3.04. The Hall–Kier alpha value is -0.890. The standard InChI is InChI=1S/C11H16FN/c1-3-8-11(2,13)9-4-6-10(12)7-5-9/h4-7H,3,8,13H2,1-2H3. The molecule has 0 radical (unpaired) electrons. The molecule has 0 saturated heterocycles. The molecule has 1 aromatic rings. The number of benzene rings is 1. The monoisotopic (exact) mass is 181 g/mol. The zero-order valence-electron chi connectivity index (χ0n) is 8.18. The van der Waals surface area contributed by atoms with Gasteiger partial charge in [0.05, 0.1) is 0 Å². The molecule has 0 aliphatic carbocycles. The van der Waals surface area contributed by atoms with Crippen LogP contribution in [0.25, 0.3) is 0 Å². The van der Waals surface area contributed by atoms with Gasteiger partial charge in [0.1, 0.15) is 5.82 Å². The highest BCUT2D eigenvalue weighted by molar-refractivity contribution is 5.23. The molecule has 13 heavy (non-hydrogen) atoms. The first-order valence-electron chi connectivity index (χ1n) is 4.61. The molecule has 1 rings (SSSR count). The third kappa shape index (κ3) is 2.52. The number of rotatable bonds is 3. The van der Waals surface area contributed by atoms with E-state index < -0.39 is 0 Å². The number of hydrogen-bond donors (Lipinski definition) is 1. The molecule has 1 unspecified atom stereocenters. The predicted molar refractivity (Wildman–Crippen MR) is 52.8 cm³/mol. The van der Waals surface area contributed by atoms with Gasteiger partial charge in [0, 0.05) is 5.54 Å². The van der Waals surface area contributed by atoms with Gasteiger partial charge in [-0.15, -0.1) is 0 Å². The lowest BCUT2D eigenvalue weighted by Crippen LogP contribution is -2.32. The summed E-state index contributed by atoms with van der Waals surface area (Å²) in [6.07, 6.45) is 1.95. The van der Waals surface area contributed by atoms with Crippen molar-refractivity contribution in [2.24, 2.45) is 5.73 Å². The molecule has 0 heterocycles. The average Bonchev–Trinajstić information content (AvgIpc) is 2.05. The van der Waals surface area contributed by atoms with E-state index in [0.29, 0.717) is 0 Å². The van der Waals surface area contributed by atoms with Crippen LogP contribution >= 0.6 is 0 Å². The van der Waals surface area contributed by atoms with Crippen LogP contribution in [0.15, 0.2) is 24.3 Å². The SMILES string of the molecule is CCCC(C)(N)c1ccc(F)cc1. The zero-order chi connectivity index (χ0) is 9.90. The van der Waals surface area contributed by atoms with E-state index in [4.69, 9.17) is 5.73 Å². The molecule has 1 atom stereocenters. The van der Waals surface area contributed by atoms with Crippen LogP contribution in [0.2, 0.25) is 0 Å². The molecule has 0 saturated carbocycles. The van der Waals surface area contributed by atoms with Gasteiger partial charge in [-0.1, -0.05) is 25.5 Å². The minimum atomic E-state index is -0.331. The minimum absolute atomic E-state index is 0.212. The molecule has 2 N–H and O–H groups in total. The molecule has 72 valence electrons. The predicted octanol–water partition coefficient (Wildman–Crippen LogP) is 2.80. The fraction of sp³-hybridized carbons (Fsp3) is 0.455. The number of halogens is 1. The van der Waals surface area contributed by atoms with Crippen molar-refractivity contribution in [3.8, 4) is 0 Å². The van der Waals surface area contributed by atoms with Crippen LogP contribution in [0.4, 0.5) is 4.39 Å². The molecular formula is C11H16FN. The van der Waals surface area contributed by atoms with Crippen LogP contribution in [0.5, 0.6) is 0 Å². The van der Waals surface area contributed by atoms with Crippen molar-refractivity contribution < 1.29 is 4.39 Å². The van der Waals surface area contributed by atoms with Crippen LogP contribution in [0, 0.1) is 5.82 Å². The Morgan fingerprint density at radius 2 is 1.85 bits per heavy atom. The maximum atomic E-state index is 12.6. The Labute approximate surface area is 78.8 Å². The molecule has 1 aromatic carbocycles. The second-order valence-corrected chi connectivity index (χ2v) is 3.67. The quantitative estimate of drug-likeness (QED) is 0.762. The molecule has 0 aliphatic heterocycles. The Balaban J connectivity index is 2.87. The highest BCUT2D eigenvalue weighted by Gasteiger charge is 2.19. The van der Waals surface area contributed by atoms with Crippen molar-refractivity contribution in [2.45, 2.75) is 32.2 Å². The summed E-state index contributed by atoms with van der Waals surface area (Å²) in [4.78, 5) is 0. The van der Waals surface area contributed by atoms with Crippen LogP contribution < -0.4 is 5.73 Å². The summed E-state index contributed by atoms with van der Waals surface area (Å²) < 4.78 is 12.6. The van der Waals surface area contributed by atoms with Gasteiger partial charge >= 0.3 is 0 Å². The Morgan fingerprint density at radius 3 is 2.31 bits per heavy atom. The first kappa shape index (κ1) is 10.2. The summed E-state index contributed by atoms with van der Waals surface area (Å²) >= 11 is 0. The van der Waals surface area contributed by atoms with Crippen molar-refractivity contribution in [2.75, 3.05) is 0 Å². The summed E-state index contributed by atoms with van der Waals surface area (Å²) in [6, 6.07) is 6.42. The maximum absolute atomic E-state index is 12.6. The summed E-state index contributed by atoms with van der Waals surface area (Å²) in [5, 5.41) is 0. The van der Waals surface area contributed by atoms with Crippen molar-refractivity contribution >= 4 is 0 Å². The van der Waals surface area contributed by atoms with Gasteiger partial charge in [0.15, 0.2) is 0 Å². The lowest BCUT2D eigenvalue weighted by atomic mass is 9.89. The minimum Gasteiger partial charge on any atom is -0.322 e. The van der Waals surface area contributed by atoms with Gasteiger partial charge in [-0.3, -0.25) is 0 Å². The van der Waals surface area contributed by atoms with Gasteiger partial charge in [-0.2, -0.15) is 0 Å². The van der Waals surface area contributed by atoms with Crippen molar-refractivity contribution in [1.29, 1.82) is 0 Å². The fourth-order valence-electron chi connectivity index (χ4n) is 1.49. The first-order chi connectivity index (χ1) is 6.06. The Morgan fingerprint density at radius 1 is 1.31 bits per heavy atom. The molecule has 0 bridgehead atoms. The van der Waals surface area contributed by atoms with E-state index in [9.17, 15) is 4.39 Å². The topological polar surface area (TPSA) is 26.0 Å². The summed E-state index contributed by atoms with van der Waals surface area (Å²) in [5.41, 5.74) is 6.74. The Bertz CT molecular complexity index is 264. The van der Waals surface area contributed by atoms with Gasteiger partial charge in [0.25, 0.3) is 0 Å². The first-order valence-corrected chi connectivity index (χ1v) is 4.61. The third-order valence-corrected chi connectivity index (χ3v) is 2.27. The van der Waals surface area contributed by atoms with E-state index in [0.717, 1.165) is 18.4 Å². The highest BCUT2D eigenvalue weighted by Crippen LogP contribution is 2.22. The molecule has 2 heteroatoms. The largest absolute Gasteiger partial charge is 0.322 e. The number of nitrogens with two attached hydrogens (primary N) is 1. The van der Waals surface area contributed by atoms with E-state index in [1.54, 1.807) is 12.1 Å². The lowest BCUT2D eigenvalue weighted by molar-refractivity contribution is 0.446. The van der Waals surface area contributed by atoms with Crippen molar-refractivity contribution in [3.05, 3.63) is 35.6 Å². The van der Waals surface area contributed by atoms with Crippen LogP contribution in [-0.4, -0.2) is 0 Å². The van der Waals surface area contributed by atoms with Gasteiger partial charge in [-0.05, 0) is 31.0 Å². The van der Waals surface area contributed by atoms with Crippen LogP contribution in [0.3, 0.4) is 0 Å². The van der Waals surface area contributed by atoms with E-state index in [2.05, 4.69) is 6.92 Å². The summed E-state index contributed by atoms with van der Waals surface area (Å²) in [7, 11) is 0. The van der Waals surface area contributed by atoms with E-state index in [1.807, 2.05) is 6.92 Å². The highest BCUT2D eigenvalue weighted by atomic mass is 19.1. The van der Waals surface area contributed by atoms with Crippen molar-refractivity contribution in [1.82, 2.24) is 0 Å². The van der Waals surface area contributed by atoms with E-state index in [1.165, 1.54) is 12.1 Å². The zero-order valence-corrected chi connectivity index (χ0v) is 8.18. The molecule has 1 nitrogen and oxygen atoms in total. The summed E-state index contributed by atoms with van der Waals surface area (Å²) in [6.45, 7) is 4.07. The van der Waals surface area contributed by atoms with Crippen LogP contribution in [0.1, 0.15) is 32.3 Å². The number of hydrogen-bond acceptors (Lipinski definition) is 1. The molecule has 0 amide bonds. The third-order valence-electron chi connectivity index (χ3n) is 2.27. The molecule has 0 aromatic heterocycles. The molecule has 0 spiro atoms. The normalized spacial score (nSPS) is 15.4. The van der Waals surface area contributed by atoms with Gasteiger partial charge in [-0.25, -0.2) is 4.39 Å². The van der Waals surface area contributed by atoms with Gasteiger partial charge in [0.2, 0.25) is 0 Å². The molecule has 0 fully saturated rings. The second kappa shape index (κ2) is 3.88. The summed E-state index contributed by atoms with van der Waals surface area (Å²) in [5.74, 6) is -0.212. The maximum Gasteiger partial charge on any atom is 0.123 e. The van der Waals surface area contributed by atoms with E-state index in [-0.39, 0.29) is 11.4 Å².